The number of nitrogens with zero attached hydrogens (tertiary/aromatic N) is 1. The lowest BCUT2D eigenvalue weighted by molar-refractivity contribution is -0.140. The van der Waals surface area contributed by atoms with Gasteiger partial charge in [0, 0.05) is 6.54 Å². The zero-order valence-corrected chi connectivity index (χ0v) is 11.7. The van der Waals surface area contributed by atoms with Gasteiger partial charge in [0.15, 0.2) is 0 Å². The van der Waals surface area contributed by atoms with Gasteiger partial charge in [-0.1, -0.05) is 24.3 Å². The molecule has 1 aromatic rings. The van der Waals surface area contributed by atoms with Gasteiger partial charge in [0.25, 0.3) is 0 Å². The SMILES string of the molecule is O=C(O)C1(c2ccc(C3CN4CCC3CC4)cc2)CC1. The van der Waals surface area contributed by atoms with E-state index in [0.717, 1.165) is 24.3 Å². The van der Waals surface area contributed by atoms with Gasteiger partial charge < -0.3 is 10.0 Å². The van der Waals surface area contributed by atoms with Crippen LogP contribution in [0.15, 0.2) is 24.3 Å². The monoisotopic (exact) mass is 271 g/mol. The largest absolute Gasteiger partial charge is 0.481 e. The van der Waals surface area contributed by atoms with Crippen molar-refractivity contribution in [3.8, 4) is 0 Å². The Kier molecular flexibility index (Phi) is 2.68. The maximum atomic E-state index is 11.4. The van der Waals surface area contributed by atoms with Crippen LogP contribution in [0.4, 0.5) is 0 Å². The first kappa shape index (κ1) is 12.4. The Hall–Kier alpha value is -1.35. The summed E-state index contributed by atoms with van der Waals surface area (Å²) in [5.74, 6) is 0.833. The van der Waals surface area contributed by atoms with Crippen LogP contribution in [0, 0.1) is 5.92 Å². The average Bonchev–Trinajstić information content (AvgIpc) is 3.30. The third-order valence-electron chi connectivity index (χ3n) is 5.71. The summed E-state index contributed by atoms with van der Waals surface area (Å²) in [6.07, 6.45) is 4.24. The third-order valence-corrected chi connectivity index (χ3v) is 5.71. The van der Waals surface area contributed by atoms with Crippen molar-refractivity contribution in [2.75, 3.05) is 19.6 Å². The standard InChI is InChI=1S/C17H21NO2/c19-16(20)17(7-8-17)14-3-1-12(2-4-14)15-11-18-9-5-13(15)6-10-18/h1-4,13,15H,5-11H2,(H,19,20). The average molecular weight is 271 g/mol. The molecule has 3 saturated heterocycles. The Balaban J connectivity index is 1.58. The van der Waals surface area contributed by atoms with Crippen molar-refractivity contribution < 1.29 is 9.90 Å². The van der Waals surface area contributed by atoms with E-state index in [0.29, 0.717) is 5.92 Å². The topological polar surface area (TPSA) is 40.5 Å². The third kappa shape index (κ3) is 1.80. The van der Waals surface area contributed by atoms with Gasteiger partial charge in [-0.2, -0.15) is 0 Å². The summed E-state index contributed by atoms with van der Waals surface area (Å²) in [5, 5.41) is 9.35. The minimum Gasteiger partial charge on any atom is -0.481 e. The van der Waals surface area contributed by atoms with Crippen LogP contribution in [0.1, 0.15) is 42.7 Å². The summed E-state index contributed by atoms with van der Waals surface area (Å²) in [7, 11) is 0. The Morgan fingerprint density at radius 2 is 1.80 bits per heavy atom. The fraction of sp³-hybridized carbons (Fsp3) is 0.588. The molecule has 0 amide bonds. The molecule has 3 heterocycles. The molecular formula is C17H21NO2. The lowest BCUT2D eigenvalue weighted by Gasteiger charge is -2.45. The first-order valence-electron chi connectivity index (χ1n) is 7.75. The molecule has 1 saturated carbocycles. The molecule has 1 N–H and O–H groups in total. The number of aliphatic carboxylic acids is 1. The number of rotatable bonds is 3. The number of hydrogen-bond donors (Lipinski definition) is 1. The molecule has 1 unspecified atom stereocenters. The van der Waals surface area contributed by atoms with Crippen molar-refractivity contribution >= 4 is 5.97 Å². The summed E-state index contributed by atoms with van der Waals surface area (Å²) >= 11 is 0. The predicted octanol–water partition coefficient (Wildman–Crippen LogP) is 2.61. The minimum atomic E-state index is -0.659. The van der Waals surface area contributed by atoms with Crippen molar-refractivity contribution in [2.45, 2.75) is 37.0 Å². The highest BCUT2D eigenvalue weighted by Crippen LogP contribution is 2.49. The highest BCUT2D eigenvalue weighted by molar-refractivity contribution is 5.84. The van der Waals surface area contributed by atoms with Gasteiger partial charge >= 0.3 is 5.97 Å². The summed E-state index contributed by atoms with van der Waals surface area (Å²) in [6, 6.07) is 8.50. The van der Waals surface area contributed by atoms with Crippen LogP contribution < -0.4 is 0 Å². The summed E-state index contributed by atoms with van der Waals surface area (Å²) in [6.45, 7) is 3.72. The number of carbonyl (C=O) groups is 1. The fourth-order valence-electron chi connectivity index (χ4n) is 4.14. The van der Waals surface area contributed by atoms with Gasteiger partial charge in [-0.15, -0.1) is 0 Å². The molecule has 4 fully saturated rings. The molecule has 4 aliphatic rings. The van der Waals surface area contributed by atoms with E-state index in [4.69, 9.17) is 0 Å². The quantitative estimate of drug-likeness (QED) is 0.918. The van der Waals surface area contributed by atoms with Crippen LogP contribution in [-0.4, -0.2) is 35.6 Å². The van der Waals surface area contributed by atoms with Gasteiger partial charge in [0.2, 0.25) is 0 Å². The molecule has 0 radical (unpaired) electrons. The van der Waals surface area contributed by atoms with E-state index in [9.17, 15) is 9.90 Å². The molecule has 2 bridgehead atoms. The highest BCUT2D eigenvalue weighted by atomic mass is 16.4. The highest BCUT2D eigenvalue weighted by Gasteiger charge is 2.51. The Labute approximate surface area is 119 Å². The molecule has 5 rings (SSSR count). The second-order valence-corrected chi connectivity index (χ2v) is 6.75. The molecule has 1 aliphatic carbocycles. The van der Waals surface area contributed by atoms with Crippen LogP contribution in [0.2, 0.25) is 0 Å². The lowest BCUT2D eigenvalue weighted by atomic mass is 9.75. The Morgan fingerprint density at radius 3 is 2.25 bits per heavy atom. The van der Waals surface area contributed by atoms with E-state index in [1.807, 2.05) is 0 Å². The molecule has 20 heavy (non-hydrogen) atoms. The van der Waals surface area contributed by atoms with E-state index in [1.54, 1.807) is 0 Å². The Bertz CT molecular complexity index is 524. The smallest absolute Gasteiger partial charge is 0.314 e. The minimum absolute atomic E-state index is 0.562. The second kappa shape index (κ2) is 4.32. The molecule has 106 valence electrons. The number of carboxylic acid groups (broad SMARTS) is 1. The van der Waals surface area contributed by atoms with Crippen LogP contribution in [0.3, 0.4) is 0 Å². The van der Waals surface area contributed by atoms with Crippen molar-refractivity contribution in [1.82, 2.24) is 4.90 Å². The Morgan fingerprint density at radius 1 is 1.15 bits per heavy atom. The maximum Gasteiger partial charge on any atom is 0.314 e. The normalized spacial score (nSPS) is 33.9. The van der Waals surface area contributed by atoms with Crippen LogP contribution in [0.5, 0.6) is 0 Å². The summed E-state index contributed by atoms with van der Waals surface area (Å²) in [4.78, 5) is 13.9. The fourth-order valence-corrected chi connectivity index (χ4v) is 4.14. The summed E-state index contributed by atoms with van der Waals surface area (Å²) in [5.41, 5.74) is 1.84. The van der Waals surface area contributed by atoms with Gasteiger partial charge in [-0.3, -0.25) is 4.79 Å². The number of hydrogen-bond acceptors (Lipinski definition) is 2. The molecule has 0 aromatic heterocycles. The number of benzene rings is 1. The molecule has 0 spiro atoms. The molecule has 1 aromatic carbocycles. The van der Waals surface area contributed by atoms with E-state index in [-0.39, 0.29) is 0 Å². The maximum absolute atomic E-state index is 11.4. The van der Waals surface area contributed by atoms with Crippen molar-refractivity contribution in [3.63, 3.8) is 0 Å². The molecule has 3 heteroatoms. The zero-order chi connectivity index (χ0) is 13.7. The van der Waals surface area contributed by atoms with Crippen molar-refractivity contribution in [3.05, 3.63) is 35.4 Å². The number of piperidine rings is 3. The van der Waals surface area contributed by atoms with E-state index in [1.165, 1.54) is 38.0 Å². The van der Waals surface area contributed by atoms with E-state index >= 15 is 0 Å². The first-order valence-corrected chi connectivity index (χ1v) is 7.75. The van der Waals surface area contributed by atoms with Gasteiger partial charge in [0.1, 0.15) is 0 Å². The second-order valence-electron chi connectivity index (χ2n) is 6.75. The zero-order valence-electron chi connectivity index (χ0n) is 11.7. The van der Waals surface area contributed by atoms with E-state index in [2.05, 4.69) is 29.2 Å². The molecular weight excluding hydrogens is 250 g/mol. The van der Waals surface area contributed by atoms with Gasteiger partial charge in [-0.25, -0.2) is 0 Å². The summed E-state index contributed by atoms with van der Waals surface area (Å²) < 4.78 is 0. The van der Waals surface area contributed by atoms with Gasteiger partial charge in [-0.05, 0) is 61.7 Å². The molecule has 3 nitrogen and oxygen atoms in total. The van der Waals surface area contributed by atoms with Crippen molar-refractivity contribution in [2.24, 2.45) is 5.92 Å². The van der Waals surface area contributed by atoms with E-state index < -0.39 is 11.4 Å². The number of fused-ring (bicyclic) bond motifs is 3. The molecule has 1 atom stereocenters. The first-order chi connectivity index (χ1) is 9.69. The molecule has 3 aliphatic heterocycles. The predicted molar refractivity (Wildman–Crippen MR) is 76.9 cm³/mol. The van der Waals surface area contributed by atoms with Gasteiger partial charge in [0.05, 0.1) is 5.41 Å². The lowest BCUT2D eigenvalue weighted by Crippen LogP contribution is -2.46. The van der Waals surface area contributed by atoms with Crippen LogP contribution >= 0.6 is 0 Å². The van der Waals surface area contributed by atoms with Crippen LogP contribution in [0.25, 0.3) is 0 Å². The van der Waals surface area contributed by atoms with Crippen molar-refractivity contribution in [1.29, 1.82) is 0 Å². The number of carboxylic acids is 1. The van der Waals surface area contributed by atoms with Crippen LogP contribution in [-0.2, 0) is 10.2 Å².